The zero-order valence-electron chi connectivity index (χ0n) is 29.5. The van der Waals surface area contributed by atoms with Crippen molar-refractivity contribution in [2.75, 3.05) is 6.54 Å². The highest BCUT2D eigenvalue weighted by atomic mass is 16.6. The summed E-state index contributed by atoms with van der Waals surface area (Å²) in [5, 5.41) is 3.10. The van der Waals surface area contributed by atoms with Gasteiger partial charge in [0.05, 0.1) is 23.6 Å². The second-order valence-electron chi connectivity index (χ2n) is 15.7. The van der Waals surface area contributed by atoms with Gasteiger partial charge >= 0.3 is 12.2 Å². The molecule has 2 amide bonds. The van der Waals surface area contributed by atoms with Gasteiger partial charge in [0.25, 0.3) is 0 Å². The Bertz CT molecular complexity index is 1840. The van der Waals surface area contributed by atoms with E-state index >= 15 is 0 Å². The third kappa shape index (κ3) is 7.09. The van der Waals surface area contributed by atoms with Crippen molar-refractivity contribution in [2.24, 2.45) is 0 Å². The van der Waals surface area contributed by atoms with Crippen molar-refractivity contribution >= 4 is 12.2 Å². The molecule has 4 aromatic rings. The molecule has 2 fully saturated rings. The van der Waals surface area contributed by atoms with Crippen LogP contribution < -0.4 is 5.32 Å². The first kappa shape index (κ1) is 32.9. The molecular weight excluding hydrogens is 616 g/mol. The van der Waals surface area contributed by atoms with Crippen LogP contribution in [0.2, 0.25) is 0 Å². The van der Waals surface area contributed by atoms with E-state index in [9.17, 15) is 9.59 Å². The van der Waals surface area contributed by atoms with Crippen molar-refractivity contribution in [1.82, 2.24) is 30.2 Å². The average Bonchev–Trinajstić information content (AvgIpc) is 3.84. The number of amides is 2. The summed E-state index contributed by atoms with van der Waals surface area (Å²) < 4.78 is 11.2. The monoisotopic (exact) mass is 664 g/mol. The second-order valence-corrected chi connectivity index (χ2v) is 15.7. The molecule has 3 heterocycles. The fourth-order valence-electron chi connectivity index (χ4n) is 7.48. The van der Waals surface area contributed by atoms with Gasteiger partial charge in [-0.1, -0.05) is 48.9 Å². The van der Waals surface area contributed by atoms with E-state index in [0.717, 1.165) is 79.1 Å². The molecule has 3 atom stereocenters. The highest BCUT2D eigenvalue weighted by Crippen LogP contribution is 2.40. The Hall–Kier alpha value is -4.60. The number of nitrogens with one attached hydrogen (secondary N) is 3. The number of fused-ring (bicyclic) bond motifs is 3. The zero-order chi connectivity index (χ0) is 34.5. The number of carbonyl (C=O) groups is 2. The molecule has 49 heavy (non-hydrogen) atoms. The highest BCUT2D eigenvalue weighted by molar-refractivity contribution is 5.76. The average molecular weight is 665 g/mol. The molecule has 1 saturated heterocycles. The van der Waals surface area contributed by atoms with Gasteiger partial charge in [-0.2, -0.15) is 0 Å². The van der Waals surface area contributed by atoms with Crippen LogP contribution >= 0.6 is 0 Å². The van der Waals surface area contributed by atoms with E-state index in [1.165, 1.54) is 22.4 Å². The molecule has 2 aromatic carbocycles. The number of hydrogen-bond acceptors (Lipinski definition) is 6. The maximum atomic E-state index is 12.8. The summed E-state index contributed by atoms with van der Waals surface area (Å²) in [6.07, 6.45) is 7.78. The lowest BCUT2D eigenvalue weighted by atomic mass is 9.89. The van der Waals surface area contributed by atoms with Crippen LogP contribution in [-0.4, -0.2) is 60.8 Å². The summed E-state index contributed by atoms with van der Waals surface area (Å²) in [6, 6.07) is 15.1. The molecule has 1 unspecified atom stereocenters. The van der Waals surface area contributed by atoms with Crippen molar-refractivity contribution in [1.29, 1.82) is 0 Å². The van der Waals surface area contributed by atoms with Gasteiger partial charge in [0, 0.05) is 29.8 Å². The smallest absolute Gasteiger partial charge is 0.410 e. The van der Waals surface area contributed by atoms with Crippen LogP contribution in [0.5, 0.6) is 0 Å². The molecule has 10 heteroatoms. The number of rotatable bonds is 5. The van der Waals surface area contributed by atoms with Gasteiger partial charge in [-0.3, -0.25) is 4.90 Å². The number of aromatic nitrogens is 4. The van der Waals surface area contributed by atoms with E-state index < -0.39 is 11.2 Å². The number of nitrogens with zero attached hydrogens (tertiary/aromatic N) is 3. The predicted octanol–water partition coefficient (Wildman–Crippen LogP) is 8.47. The lowest BCUT2D eigenvalue weighted by Gasteiger charge is -2.27. The molecule has 3 N–H and O–H groups in total. The first-order chi connectivity index (χ1) is 23.3. The van der Waals surface area contributed by atoms with E-state index in [2.05, 4.69) is 62.7 Å². The van der Waals surface area contributed by atoms with Crippen molar-refractivity contribution in [3.05, 3.63) is 71.6 Å². The van der Waals surface area contributed by atoms with Crippen molar-refractivity contribution < 1.29 is 19.1 Å². The van der Waals surface area contributed by atoms with Gasteiger partial charge in [0.1, 0.15) is 22.9 Å². The second kappa shape index (κ2) is 12.7. The number of alkyl carbamates (subject to hydrolysis) is 1. The van der Waals surface area contributed by atoms with Gasteiger partial charge in [-0.05, 0) is 102 Å². The Morgan fingerprint density at radius 3 is 2.33 bits per heavy atom. The minimum absolute atomic E-state index is 0.00950. The van der Waals surface area contributed by atoms with E-state index in [1.54, 1.807) is 4.90 Å². The van der Waals surface area contributed by atoms with Crippen LogP contribution in [0.15, 0.2) is 48.7 Å². The van der Waals surface area contributed by atoms with Crippen LogP contribution in [-0.2, 0) is 22.3 Å². The summed E-state index contributed by atoms with van der Waals surface area (Å²) >= 11 is 0. The van der Waals surface area contributed by atoms with E-state index in [1.807, 2.05) is 47.7 Å². The largest absolute Gasteiger partial charge is 0.444 e. The van der Waals surface area contributed by atoms with Crippen molar-refractivity contribution in [3.8, 4) is 33.6 Å². The zero-order valence-corrected chi connectivity index (χ0v) is 29.5. The first-order valence-electron chi connectivity index (χ1n) is 17.7. The third-order valence-electron chi connectivity index (χ3n) is 9.69. The quantitative estimate of drug-likeness (QED) is 0.197. The Morgan fingerprint density at radius 2 is 1.57 bits per heavy atom. The lowest BCUT2D eigenvalue weighted by Crippen LogP contribution is -2.40. The summed E-state index contributed by atoms with van der Waals surface area (Å²) in [7, 11) is 0. The topological polar surface area (TPSA) is 125 Å². The summed E-state index contributed by atoms with van der Waals surface area (Å²) in [4.78, 5) is 44.0. The molecule has 0 bridgehead atoms. The minimum Gasteiger partial charge on any atom is -0.444 e. The highest BCUT2D eigenvalue weighted by Gasteiger charge is 2.36. The molecule has 7 rings (SSSR count). The Balaban J connectivity index is 1.04. The number of H-pyrrole nitrogens is 2. The van der Waals surface area contributed by atoms with Crippen molar-refractivity contribution in [3.63, 3.8) is 0 Å². The molecule has 2 aromatic heterocycles. The number of likely N-dealkylation sites (tertiary alicyclic amines) is 1. The van der Waals surface area contributed by atoms with Gasteiger partial charge in [-0.25, -0.2) is 19.6 Å². The number of carbonyl (C=O) groups excluding carboxylic acids is 2. The predicted molar refractivity (Wildman–Crippen MR) is 189 cm³/mol. The molecule has 2 aliphatic carbocycles. The number of aromatic amines is 2. The molecule has 0 radical (unpaired) electrons. The number of benzene rings is 2. The third-order valence-corrected chi connectivity index (χ3v) is 9.69. The van der Waals surface area contributed by atoms with Gasteiger partial charge in [-0.15, -0.1) is 0 Å². The normalized spacial score (nSPS) is 20.5. The maximum absolute atomic E-state index is 12.8. The van der Waals surface area contributed by atoms with E-state index in [0.29, 0.717) is 6.54 Å². The summed E-state index contributed by atoms with van der Waals surface area (Å²) in [6.45, 7) is 12.0. The van der Waals surface area contributed by atoms with Crippen LogP contribution in [0.4, 0.5) is 9.59 Å². The van der Waals surface area contributed by atoms with E-state index in [4.69, 9.17) is 14.5 Å². The molecule has 3 aliphatic rings. The molecule has 258 valence electrons. The minimum atomic E-state index is -0.535. The fraction of sp³-hybridized carbons (Fsp3) is 0.487. The number of ether oxygens (including phenoxy) is 2. The van der Waals surface area contributed by atoms with Gasteiger partial charge in [0.15, 0.2) is 0 Å². The molecular formula is C39H48N6O4. The van der Waals surface area contributed by atoms with E-state index in [-0.39, 0.29) is 30.2 Å². The summed E-state index contributed by atoms with van der Waals surface area (Å²) in [5.41, 5.74) is 7.91. The molecule has 1 saturated carbocycles. The van der Waals surface area contributed by atoms with Gasteiger partial charge < -0.3 is 24.8 Å². The molecule has 10 nitrogen and oxygen atoms in total. The number of imidazole rings is 2. The number of aryl methyl sites for hydroxylation is 2. The Morgan fingerprint density at radius 1 is 0.837 bits per heavy atom. The molecule has 1 aliphatic heterocycles. The standard InChI is InChI=1S/C39H48N6O4/c1-38(2,3)48-36(46)43-29-10-7-9-28(29)34-41-30-19-17-26-21-25(16-18-27(26)33(30)44-34)23-12-14-24(15-13-23)31-22-40-35(42-31)32-11-8-20-45(32)37(47)49-39(4,5)6/h12-16,18,21-22,28-29,32H,7-11,17,19-20H2,1-6H3,(H,40,42)(H,41,44)(H,43,46)/t28-,29-,32?/m0/s1. The van der Waals surface area contributed by atoms with Crippen LogP contribution in [0.3, 0.4) is 0 Å². The maximum Gasteiger partial charge on any atom is 0.410 e. The first-order valence-corrected chi connectivity index (χ1v) is 17.7. The Labute approximate surface area is 288 Å². The van der Waals surface area contributed by atoms with Crippen molar-refractivity contribution in [2.45, 2.75) is 116 Å². The lowest BCUT2D eigenvalue weighted by molar-refractivity contribution is 0.0218. The van der Waals surface area contributed by atoms with Crippen LogP contribution in [0, 0.1) is 0 Å². The van der Waals surface area contributed by atoms with Crippen LogP contribution in [0.25, 0.3) is 33.6 Å². The fourth-order valence-corrected chi connectivity index (χ4v) is 7.48. The molecule has 0 spiro atoms. The SMILES string of the molecule is CC(C)(C)OC(=O)N[C@H]1CCC[C@@H]1c1nc2c([nH]1)CCc1cc(-c3ccc(-c4cnc(C5CCCN5C(=O)OC(C)(C)C)[nH]4)cc3)ccc1-2. The number of hydrogen-bond donors (Lipinski definition) is 3. The van der Waals surface area contributed by atoms with Gasteiger partial charge in [0.2, 0.25) is 0 Å². The Kier molecular flexibility index (Phi) is 8.53. The summed E-state index contributed by atoms with van der Waals surface area (Å²) in [5.74, 6) is 1.90. The van der Waals surface area contributed by atoms with Crippen LogP contribution in [0.1, 0.15) is 109 Å².